The number of hydrogen-bond acceptors (Lipinski definition) is 5. The molecule has 1 fully saturated rings. The van der Waals surface area contributed by atoms with Crippen LogP contribution in [0.1, 0.15) is 36.8 Å². The van der Waals surface area contributed by atoms with Crippen molar-refractivity contribution in [3.05, 3.63) is 47.9 Å². The largest absolute Gasteiger partial charge is 0.493 e. The number of nitrogens with one attached hydrogen (secondary N) is 1. The van der Waals surface area contributed by atoms with Crippen molar-refractivity contribution in [2.45, 2.75) is 25.7 Å². The topological polar surface area (TPSA) is 78.8 Å². The fourth-order valence-electron chi connectivity index (χ4n) is 4.74. The van der Waals surface area contributed by atoms with Crippen molar-refractivity contribution in [2.24, 2.45) is 0 Å². The number of likely N-dealkylation sites (N-methyl/N-ethyl adjacent to an activating group) is 1. The Morgan fingerprint density at radius 1 is 1.27 bits per heavy atom. The molecule has 0 radical (unpaired) electrons. The molecule has 1 amide bonds. The van der Waals surface area contributed by atoms with Crippen LogP contribution in [0.3, 0.4) is 0 Å². The van der Waals surface area contributed by atoms with E-state index in [-0.39, 0.29) is 5.91 Å². The molecule has 1 aliphatic rings. The van der Waals surface area contributed by atoms with Gasteiger partial charge in [-0.15, -0.1) is 0 Å². The minimum atomic E-state index is 0.154. The average Bonchev–Trinajstić information content (AvgIpc) is 3.38. The SMILES string of the molecule is COc1cc(-c2[nH]c3ccc(C4CN(CC(=O)N(C)C)C4)cc3c2C(C)C)cn2ncnc12. The summed E-state index contributed by atoms with van der Waals surface area (Å²) in [5.41, 5.74) is 6.53. The van der Waals surface area contributed by atoms with Crippen LogP contribution in [0.25, 0.3) is 27.8 Å². The number of rotatable bonds is 6. The lowest BCUT2D eigenvalue weighted by Crippen LogP contribution is -2.49. The lowest BCUT2D eigenvalue weighted by Gasteiger charge is -2.39. The number of aromatic nitrogens is 4. The summed E-state index contributed by atoms with van der Waals surface area (Å²) in [5.74, 6) is 1.63. The van der Waals surface area contributed by atoms with Crippen LogP contribution in [0.4, 0.5) is 0 Å². The van der Waals surface area contributed by atoms with Gasteiger partial charge in [0.15, 0.2) is 11.4 Å². The summed E-state index contributed by atoms with van der Waals surface area (Å²) in [4.78, 5) is 23.8. The number of carbonyl (C=O) groups is 1. The summed E-state index contributed by atoms with van der Waals surface area (Å²) in [6.45, 7) is 6.77. The van der Waals surface area contributed by atoms with Gasteiger partial charge in [-0.25, -0.2) is 9.50 Å². The van der Waals surface area contributed by atoms with E-state index in [0.717, 1.165) is 29.9 Å². The van der Waals surface area contributed by atoms with Gasteiger partial charge < -0.3 is 14.6 Å². The van der Waals surface area contributed by atoms with Crippen molar-refractivity contribution < 1.29 is 9.53 Å². The summed E-state index contributed by atoms with van der Waals surface area (Å²) in [7, 11) is 5.27. The highest BCUT2D eigenvalue weighted by Gasteiger charge is 2.30. The Hall–Kier alpha value is -3.39. The van der Waals surface area contributed by atoms with E-state index in [2.05, 4.69) is 52.0 Å². The van der Waals surface area contributed by atoms with Gasteiger partial charge in [0, 0.05) is 55.8 Å². The first-order valence-electron chi connectivity index (χ1n) is 11.3. The maximum Gasteiger partial charge on any atom is 0.236 e. The zero-order valence-corrected chi connectivity index (χ0v) is 19.8. The van der Waals surface area contributed by atoms with Gasteiger partial charge in [-0.2, -0.15) is 5.10 Å². The first kappa shape index (κ1) is 21.5. The van der Waals surface area contributed by atoms with Crippen LogP contribution in [-0.2, 0) is 4.79 Å². The number of H-pyrrole nitrogens is 1. The monoisotopic (exact) mass is 446 g/mol. The normalized spacial score (nSPS) is 14.8. The molecule has 1 aromatic carbocycles. The molecule has 8 heteroatoms. The molecule has 33 heavy (non-hydrogen) atoms. The van der Waals surface area contributed by atoms with Crippen LogP contribution in [0.2, 0.25) is 0 Å². The third-order valence-electron chi connectivity index (χ3n) is 6.58. The molecule has 0 bridgehead atoms. The van der Waals surface area contributed by atoms with Crippen LogP contribution in [0.15, 0.2) is 36.8 Å². The maximum absolute atomic E-state index is 12.0. The molecule has 172 valence electrons. The van der Waals surface area contributed by atoms with Crippen molar-refractivity contribution in [2.75, 3.05) is 40.8 Å². The van der Waals surface area contributed by atoms with Crippen LogP contribution in [0, 0.1) is 0 Å². The summed E-state index contributed by atoms with van der Waals surface area (Å²) in [6, 6.07) is 8.74. The Balaban J connectivity index is 1.50. The minimum absolute atomic E-state index is 0.154. The van der Waals surface area contributed by atoms with Crippen molar-refractivity contribution in [1.29, 1.82) is 0 Å². The summed E-state index contributed by atoms with van der Waals surface area (Å²) < 4.78 is 7.34. The number of fused-ring (bicyclic) bond motifs is 2. The van der Waals surface area contributed by atoms with Crippen LogP contribution in [-0.4, -0.2) is 76.1 Å². The molecule has 8 nitrogen and oxygen atoms in total. The second kappa shape index (κ2) is 8.19. The highest BCUT2D eigenvalue weighted by molar-refractivity contribution is 5.92. The molecule has 0 saturated carbocycles. The van der Waals surface area contributed by atoms with Crippen molar-refractivity contribution in [3.8, 4) is 17.0 Å². The quantitative estimate of drug-likeness (QED) is 0.491. The second-order valence-electron chi connectivity index (χ2n) is 9.38. The number of nitrogens with zero attached hydrogens (tertiary/aromatic N) is 5. The molecule has 0 unspecified atom stereocenters. The molecule has 0 atom stereocenters. The molecule has 1 N–H and O–H groups in total. The summed E-state index contributed by atoms with van der Waals surface area (Å²) in [6.07, 6.45) is 3.53. The minimum Gasteiger partial charge on any atom is -0.493 e. The van der Waals surface area contributed by atoms with Crippen LogP contribution in [0.5, 0.6) is 5.75 Å². The third-order valence-corrected chi connectivity index (χ3v) is 6.58. The fourth-order valence-corrected chi connectivity index (χ4v) is 4.74. The first-order valence-corrected chi connectivity index (χ1v) is 11.3. The molecule has 0 aliphatic carbocycles. The smallest absolute Gasteiger partial charge is 0.236 e. The van der Waals surface area contributed by atoms with E-state index in [1.807, 2.05) is 12.3 Å². The molecule has 0 spiro atoms. The molecule has 5 rings (SSSR count). The van der Waals surface area contributed by atoms with Crippen LogP contribution < -0.4 is 4.74 Å². The predicted molar refractivity (Wildman–Crippen MR) is 129 cm³/mol. The zero-order valence-electron chi connectivity index (χ0n) is 19.8. The predicted octanol–water partition coefficient (Wildman–Crippen LogP) is 3.50. The third kappa shape index (κ3) is 3.74. The Bertz CT molecular complexity index is 1330. The Kier molecular flexibility index (Phi) is 5.32. The van der Waals surface area contributed by atoms with E-state index >= 15 is 0 Å². The highest BCUT2D eigenvalue weighted by Crippen LogP contribution is 2.39. The van der Waals surface area contributed by atoms with E-state index in [0.29, 0.717) is 29.8 Å². The van der Waals surface area contributed by atoms with Gasteiger partial charge in [0.05, 0.1) is 19.3 Å². The number of pyridine rings is 1. The highest BCUT2D eigenvalue weighted by atomic mass is 16.5. The molecule has 1 saturated heterocycles. The van der Waals surface area contributed by atoms with Gasteiger partial charge >= 0.3 is 0 Å². The number of methoxy groups -OCH3 is 1. The average molecular weight is 447 g/mol. The van der Waals surface area contributed by atoms with E-state index in [1.165, 1.54) is 22.8 Å². The lowest BCUT2D eigenvalue weighted by atomic mass is 9.89. The van der Waals surface area contributed by atoms with Gasteiger partial charge in [0.25, 0.3) is 0 Å². The molecular formula is C25H30N6O2. The van der Waals surface area contributed by atoms with Gasteiger partial charge in [-0.05, 0) is 35.2 Å². The first-order chi connectivity index (χ1) is 15.9. The van der Waals surface area contributed by atoms with E-state index in [1.54, 1.807) is 30.6 Å². The van der Waals surface area contributed by atoms with Crippen LogP contribution >= 0.6 is 0 Å². The molecule has 3 aromatic heterocycles. The van der Waals surface area contributed by atoms with Gasteiger partial charge in [0.1, 0.15) is 6.33 Å². The number of aromatic amines is 1. The number of ether oxygens (including phenoxy) is 1. The number of hydrogen-bond donors (Lipinski definition) is 1. The summed E-state index contributed by atoms with van der Waals surface area (Å²) >= 11 is 0. The number of amides is 1. The number of benzene rings is 1. The Labute approximate surface area is 193 Å². The molecular weight excluding hydrogens is 416 g/mol. The Morgan fingerprint density at radius 3 is 2.76 bits per heavy atom. The lowest BCUT2D eigenvalue weighted by molar-refractivity contribution is -0.131. The van der Waals surface area contributed by atoms with Crippen molar-refractivity contribution in [3.63, 3.8) is 0 Å². The van der Waals surface area contributed by atoms with Crippen molar-refractivity contribution >= 4 is 22.5 Å². The van der Waals surface area contributed by atoms with Gasteiger partial charge in [-0.3, -0.25) is 9.69 Å². The number of carbonyl (C=O) groups excluding carboxylic acids is 1. The molecule has 4 heterocycles. The van der Waals surface area contributed by atoms with E-state index in [4.69, 9.17) is 4.74 Å². The fraction of sp³-hybridized carbons (Fsp3) is 0.400. The number of likely N-dealkylation sites (tertiary alicyclic amines) is 1. The second-order valence-corrected chi connectivity index (χ2v) is 9.38. The van der Waals surface area contributed by atoms with Gasteiger partial charge in [-0.1, -0.05) is 19.9 Å². The Morgan fingerprint density at radius 2 is 2.06 bits per heavy atom. The summed E-state index contributed by atoms with van der Waals surface area (Å²) in [5, 5.41) is 5.56. The van der Waals surface area contributed by atoms with Crippen molar-refractivity contribution in [1.82, 2.24) is 29.4 Å². The molecule has 1 aliphatic heterocycles. The zero-order chi connectivity index (χ0) is 23.3. The van der Waals surface area contributed by atoms with Gasteiger partial charge in [0.2, 0.25) is 5.91 Å². The standard InChI is InChI=1S/C25H30N6O2/c1-15(2)23-19-8-16(18-10-30(11-18)13-22(32)29(3)4)6-7-20(19)28-24(23)17-9-21(33-5)25-26-14-27-31(25)12-17/h6-9,12,14-15,18,28H,10-11,13H2,1-5H3. The molecule has 4 aromatic rings. The van der Waals surface area contributed by atoms with E-state index in [9.17, 15) is 4.79 Å². The maximum atomic E-state index is 12.0. The van der Waals surface area contributed by atoms with E-state index < -0.39 is 0 Å².